The number of likely N-dealkylation sites (tertiary alicyclic amines) is 1. The molecule has 1 aromatic heterocycles. The van der Waals surface area contributed by atoms with E-state index in [0.29, 0.717) is 18.7 Å². The third kappa shape index (κ3) is 5.82. The molecule has 5 nitrogen and oxygen atoms in total. The number of carbonyl (C=O) groups excluding carboxylic acids is 1. The van der Waals surface area contributed by atoms with E-state index in [-0.39, 0.29) is 24.9 Å². The Morgan fingerprint density at radius 1 is 1.21 bits per heavy atom. The molecule has 158 valence electrons. The minimum absolute atomic E-state index is 0.0185. The van der Waals surface area contributed by atoms with Gasteiger partial charge in [0.25, 0.3) is 0 Å². The standard InChI is InChI=1S/C21H27F3N4O/c1-15-14-16(2)28(26-15)18-9-7-17(8-10-18)25-20(29)19-6-3-4-12-27(19)13-5-11-21(22,23)24/h7-10,14,19H,3-6,11-13H2,1-2H3,(H,25,29)/t19-/m1/s1. The molecule has 1 aliphatic rings. The van der Waals surface area contributed by atoms with Gasteiger partial charge in [-0.25, -0.2) is 4.68 Å². The van der Waals surface area contributed by atoms with Crippen LogP contribution < -0.4 is 5.32 Å². The van der Waals surface area contributed by atoms with Crippen LogP contribution in [0.4, 0.5) is 18.9 Å². The van der Waals surface area contributed by atoms with Gasteiger partial charge in [-0.15, -0.1) is 0 Å². The zero-order valence-corrected chi connectivity index (χ0v) is 16.8. The van der Waals surface area contributed by atoms with E-state index < -0.39 is 12.6 Å². The summed E-state index contributed by atoms with van der Waals surface area (Å²) in [5, 5.41) is 7.36. The highest BCUT2D eigenvalue weighted by atomic mass is 19.4. The molecule has 29 heavy (non-hydrogen) atoms. The number of carbonyl (C=O) groups is 1. The predicted molar refractivity (Wildman–Crippen MR) is 106 cm³/mol. The largest absolute Gasteiger partial charge is 0.389 e. The normalized spacial score (nSPS) is 18.0. The number of nitrogens with one attached hydrogen (secondary N) is 1. The lowest BCUT2D eigenvalue weighted by molar-refractivity contribution is -0.137. The van der Waals surface area contributed by atoms with Crippen molar-refractivity contribution in [1.82, 2.24) is 14.7 Å². The fourth-order valence-electron chi connectivity index (χ4n) is 3.84. The van der Waals surface area contributed by atoms with Crippen LogP contribution in [-0.2, 0) is 4.79 Å². The summed E-state index contributed by atoms with van der Waals surface area (Å²) in [5.74, 6) is -0.157. The van der Waals surface area contributed by atoms with Crippen molar-refractivity contribution in [3.05, 3.63) is 41.7 Å². The Kier molecular flexibility index (Phi) is 6.62. The molecule has 1 amide bonds. The third-order valence-corrected chi connectivity index (χ3v) is 5.21. The van der Waals surface area contributed by atoms with Gasteiger partial charge in [-0.2, -0.15) is 18.3 Å². The number of nitrogens with zero attached hydrogens (tertiary/aromatic N) is 3. The second kappa shape index (κ2) is 8.98. The first-order valence-electron chi connectivity index (χ1n) is 9.98. The molecule has 0 spiro atoms. The predicted octanol–water partition coefficient (Wildman–Crippen LogP) is 4.62. The summed E-state index contributed by atoms with van der Waals surface area (Å²) in [5.41, 5.74) is 3.53. The number of aryl methyl sites for hydroxylation is 2. The molecular weight excluding hydrogens is 381 g/mol. The Morgan fingerprint density at radius 3 is 2.55 bits per heavy atom. The summed E-state index contributed by atoms with van der Waals surface area (Å²) in [6.45, 7) is 4.86. The molecule has 2 aromatic rings. The first kappa shape index (κ1) is 21.4. The molecule has 8 heteroatoms. The fraction of sp³-hybridized carbons (Fsp3) is 0.524. The molecule has 3 rings (SSSR count). The number of hydrogen-bond acceptors (Lipinski definition) is 3. The molecule has 0 radical (unpaired) electrons. The first-order chi connectivity index (χ1) is 13.7. The van der Waals surface area contributed by atoms with Crippen LogP contribution in [0.5, 0.6) is 0 Å². The van der Waals surface area contributed by atoms with E-state index in [4.69, 9.17) is 0 Å². The third-order valence-electron chi connectivity index (χ3n) is 5.21. The number of amides is 1. The monoisotopic (exact) mass is 408 g/mol. The molecule has 0 unspecified atom stereocenters. The van der Waals surface area contributed by atoms with Crippen molar-refractivity contribution in [2.45, 2.75) is 58.2 Å². The molecule has 1 saturated heterocycles. The van der Waals surface area contributed by atoms with E-state index in [1.807, 2.05) is 53.8 Å². The van der Waals surface area contributed by atoms with Gasteiger partial charge in [0.1, 0.15) is 0 Å². The van der Waals surface area contributed by atoms with E-state index in [0.717, 1.165) is 29.9 Å². The molecule has 2 heterocycles. The molecule has 1 aromatic carbocycles. The number of halogens is 3. The Labute approximate surface area is 168 Å². The van der Waals surface area contributed by atoms with Gasteiger partial charge in [-0.1, -0.05) is 6.42 Å². The number of anilines is 1. The number of benzene rings is 1. The smallest absolute Gasteiger partial charge is 0.325 e. The molecule has 0 saturated carbocycles. The highest BCUT2D eigenvalue weighted by molar-refractivity contribution is 5.95. The Balaban J connectivity index is 1.61. The molecule has 1 N–H and O–H groups in total. The molecule has 0 aliphatic carbocycles. The number of alkyl halides is 3. The number of hydrogen-bond donors (Lipinski definition) is 1. The van der Waals surface area contributed by atoms with Crippen LogP contribution in [0.25, 0.3) is 5.69 Å². The van der Waals surface area contributed by atoms with Crippen LogP contribution in [0.1, 0.15) is 43.5 Å². The van der Waals surface area contributed by atoms with Gasteiger partial charge >= 0.3 is 6.18 Å². The second-order valence-electron chi connectivity index (χ2n) is 7.64. The number of aromatic nitrogens is 2. The molecule has 1 fully saturated rings. The maximum absolute atomic E-state index is 12.8. The average Bonchev–Trinajstić information content (AvgIpc) is 3.00. The van der Waals surface area contributed by atoms with Crippen LogP contribution in [0, 0.1) is 13.8 Å². The summed E-state index contributed by atoms with van der Waals surface area (Å²) in [4.78, 5) is 14.6. The summed E-state index contributed by atoms with van der Waals surface area (Å²) < 4.78 is 39.1. The summed E-state index contributed by atoms with van der Waals surface area (Å²) in [6.07, 6.45) is -2.46. The van der Waals surface area contributed by atoms with Crippen molar-refractivity contribution < 1.29 is 18.0 Å². The summed E-state index contributed by atoms with van der Waals surface area (Å²) >= 11 is 0. The lowest BCUT2D eigenvalue weighted by Gasteiger charge is -2.34. The van der Waals surface area contributed by atoms with E-state index in [1.54, 1.807) is 0 Å². The second-order valence-corrected chi connectivity index (χ2v) is 7.64. The van der Waals surface area contributed by atoms with Gasteiger partial charge in [0.15, 0.2) is 0 Å². The summed E-state index contributed by atoms with van der Waals surface area (Å²) in [6, 6.07) is 9.02. The van der Waals surface area contributed by atoms with Crippen LogP contribution in [0.3, 0.4) is 0 Å². The quantitative estimate of drug-likeness (QED) is 0.759. The van der Waals surface area contributed by atoms with E-state index in [9.17, 15) is 18.0 Å². The van der Waals surface area contributed by atoms with E-state index in [2.05, 4.69) is 10.4 Å². The maximum atomic E-state index is 12.8. The number of piperidine rings is 1. The maximum Gasteiger partial charge on any atom is 0.389 e. The van der Waals surface area contributed by atoms with Crippen molar-refractivity contribution in [3.63, 3.8) is 0 Å². The van der Waals surface area contributed by atoms with Crippen LogP contribution in [-0.4, -0.2) is 45.9 Å². The van der Waals surface area contributed by atoms with Crippen molar-refractivity contribution in [2.24, 2.45) is 0 Å². The SMILES string of the molecule is Cc1cc(C)n(-c2ccc(NC(=O)[C@H]3CCCCN3CCCC(F)(F)F)cc2)n1. The zero-order valence-electron chi connectivity index (χ0n) is 16.8. The lowest BCUT2D eigenvalue weighted by atomic mass is 10.0. The van der Waals surface area contributed by atoms with Crippen molar-refractivity contribution >= 4 is 11.6 Å². The first-order valence-corrected chi connectivity index (χ1v) is 9.98. The number of rotatable bonds is 6. The Hall–Kier alpha value is -2.35. The van der Waals surface area contributed by atoms with Crippen LogP contribution >= 0.6 is 0 Å². The van der Waals surface area contributed by atoms with Crippen LogP contribution in [0.15, 0.2) is 30.3 Å². The fourth-order valence-corrected chi connectivity index (χ4v) is 3.84. The zero-order chi connectivity index (χ0) is 21.0. The average molecular weight is 408 g/mol. The molecule has 0 bridgehead atoms. The Morgan fingerprint density at radius 2 is 1.93 bits per heavy atom. The van der Waals surface area contributed by atoms with E-state index >= 15 is 0 Å². The highest BCUT2D eigenvalue weighted by Crippen LogP contribution is 2.24. The van der Waals surface area contributed by atoms with Gasteiger partial charge in [0.2, 0.25) is 5.91 Å². The minimum Gasteiger partial charge on any atom is -0.325 e. The van der Waals surface area contributed by atoms with E-state index in [1.165, 1.54) is 0 Å². The molecule has 1 aliphatic heterocycles. The molecular formula is C21H27F3N4O. The van der Waals surface area contributed by atoms with Crippen molar-refractivity contribution in [1.29, 1.82) is 0 Å². The van der Waals surface area contributed by atoms with Gasteiger partial charge in [-0.05, 0) is 76.5 Å². The van der Waals surface area contributed by atoms with Gasteiger partial charge in [-0.3, -0.25) is 9.69 Å². The summed E-state index contributed by atoms with van der Waals surface area (Å²) in [7, 11) is 0. The van der Waals surface area contributed by atoms with Crippen LogP contribution in [0.2, 0.25) is 0 Å². The van der Waals surface area contributed by atoms with Gasteiger partial charge in [0.05, 0.1) is 17.4 Å². The van der Waals surface area contributed by atoms with Crippen molar-refractivity contribution in [2.75, 3.05) is 18.4 Å². The van der Waals surface area contributed by atoms with Crippen molar-refractivity contribution in [3.8, 4) is 5.69 Å². The Bertz CT molecular complexity index is 829. The van der Waals surface area contributed by atoms with Gasteiger partial charge in [0, 0.05) is 17.8 Å². The van der Waals surface area contributed by atoms with Gasteiger partial charge < -0.3 is 5.32 Å². The minimum atomic E-state index is -4.15. The molecule has 1 atom stereocenters. The lowest BCUT2D eigenvalue weighted by Crippen LogP contribution is -2.47. The highest BCUT2D eigenvalue weighted by Gasteiger charge is 2.31. The topological polar surface area (TPSA) is 50.2 Å².